The molecule has 0 bridgehead atoms. The molecule has 6 heteroatoms. The number of carbonyl (C=O) groups excluding carboxylic acids is 3. The number of hydrogen-bond donors (Lipinski definition) is 0. The van der Waals surface area contributed by atoms with Gasteiger partial charge in [-0.2, -0.15) is 0 Å². The van der Waals surface area contributed by atoms with Gasteiger partial charge >= 0.3 is 17.9 Å². The van der Waals surface area contributed by atoms with Crippen molar-refractivity contribution in [2.24, 2.45) is 0 Å². The minimum Gasteiger partial charge on any atom is -0.462 e. The van der Waals surface area contributed by atoms with Crippen molar-refractivity contribution in [2.45, 2.75) is 316 Å². The van der Waals surface area contributed by atoms with Crippen LogP contribution in [0.15, 0.2) is 48.6 Å². The van der Waals surface area contributed by atoms with Gasteiger partial charge in [0.05, 0.1) is 0 Å². The van der Waals surface area contributed by atoms with Crippen LogP contribution in [0.25, 0.3) is 0 Å². The molecule has 1 unspecified atom stereocenters. The second-order valence-corrected chi connectivity index (χ2v) is 19.9. The van der Waals surface area contributed by atoms with E-state index in [-0.39, 0.29) is 31.1 Å². The lowest BCUT2D eigenvalue weighted by molar-refractivity contribution is -0.167. The first-order valence-electron chi connectivity index (χ1n) is 29.6. The Bertz CT molecular complexity index is 1190. The molecule has 68 heavy (non-hydrogen) atoms. The predicted octanol–water partition coefficient (Wildman–Crippen LogP) is 19.8. The Morgan fingerprint density at radius 2 is 0.574 bits per heavy atom. The van der Waals surface area contributed by atoms with Crippen LogP contribution < -0.4 is 0 Å². The number of carbonyl (C=O) groups is 3. The van der Waals surface area contributed by atoms with E-state index in [1.54, 1.807) is 0 Å². The Labute approximate surface area is 422 Å². The van der Waals surface area contributed by atoms with Gasteiger partial charge in [-0.3, -0.25) is 14.4 Å². The minimum absolute atomic E-state index is 0.0705. The molecule has 0 aromatic heterocycles. The van der Waals surface area contributed by atoms with Crippen molar-refractivity contribution in [1.29, 1.82) is 0 Å². The van der Waals surface area contributed by atoms with E-state index in [2.05, 4.69) is 69.4 Å². The highest BCUT2D eigenvalue weighted by atomic mass is 16.6. The fourth-order valence-electron chi connectivity index (χ4n) is 8.67. The first-order valence-corrected chi connectivity index (χ1v) is 29.6. The smallest absolute Gasteiger partial charge is 0.306 e. The van der Waals surface area contributed by atoms with Gasteiger partial charge in [-0.15, -0.1) is 0 Å². The number of unbranched alkanes of at least 4 members (excludes halogenated alkanes) is 35. The molecule has 0 saturated heterocycles. The Kier molecular flexibility index (Phi) is 54.8. The summed E-state index contributed by atoms with van der Waals surface area (Å²) in [5, 5.41) is 0. The van der Waals surface area contributed by atoms with Crippen LogP contribution in [0, 0.1) is 0 Å². The fraction of sp³-hybridized carbons (Fsp3) is 0.823. The summed E-state index contributed by atoms with van der Waals surface area (Å²) in [6, 6.07) is 0. The lowest BCUT2D eigenvalue weighted by Crippen LogP contribution is -2.30. The van der Waals surface area contributed by atoms with E-state index < -0.39 is 6.10 Å². The number of hydrogen-bond acceptors (Lipinski definition) is 6. The first-order chi connectivity index (χ1) is 33.5. The van der Waals surface area contributed by atoms with E-state index in [1.807, 2.05) is 0 Å². The lowest BCUT2D eigenvalue weighted by atomic mass is 10.0. The number of esters is 3. The number of ether oxygens (including phenoxy) is 3. The summed E-state index contributed by atoms with van der Waals surface area (Å²) in [5.74, 6) is -0.870. The van der Waals surface area contributed by atoms with Crippen LogP contribution >= 0.6 is 0 Å². The van der Waals surface area contributed by atoms with E-state index in [0.29, 0.717) is 19.3 Å². The Morgan fingerprint density at radius 3 is 0.897 bits per heavy atom. The molecule has 0 radical (unpaired) electrons. The molecule has 396 valence electrons. The van der Waals surface area contributed by atoms with Crippen molar-refractivity contribution in [3.63, 3.8) is 0 Å². The average Bonchev–Trinajstić information content (AvgIpc) is 3.34. The first kappa shape index (κ1) is 65.4. The molecule has 0 aromatic carbocycles. The molecule has 6 nitrogen and oxygen atoms in total. The van der Waals surface area contributed by atoms with E-state index >= 15 is 0 Å². The third-order valence-electron chi connectivity index (χ3n) is 13.1. The molecule has 0 fully saturated rings. The van der Waals surface area contributed by atoms with Gasteiger partial charge in [0.15, 0.2) is 6.10 Å². The van der Waals surface area contributed by atoms with Gasteiger partial charge in [0, 0.05) is 19.3 Å². The molecular weight excluding hydrogens is 841 g/mol. The summed E-state index contributed by atoms with van der Waals surface area (Å²) in [6.45, 7) is 6.49. The van der Waals surface area contributed by atoms with Crippen LogP contribution in [0.5, 0.6) is 0 Å². The molecule has 0 N–H and O–H groups in total. The van der Waals surface area contributed by atoms with Crippen LogP contribution in [0.2, 0.25) is 0 Å². The molecule has 0 aromatic rings. The van der Waals surface area contributed by atoms with Gasteiger partial charge in [0.1, 0.15) is 13.2 Å². The molecule has 0 spiro atoms. The normalized spacial score (nSPS) is 12.3. The molecule has 0 amide bonds. The van der Waals surface area contributed by atoms with Crippen LogP contribution in [-0.2, 0) is 28.6 Å². The minimum atomic E-state index is -0.767. The van der Waals surface area contributed by atoms with E-state index in [4.69, 9.17) is 14.2 Å². The molecule has 1 atom stereocenters. The zero-order chi connectivity index (χ0) is 49.3. The highest BCUT2D eigenvalue weighted by Gasteiger charge is 2.19. The van der Waals surface area contributed by atoms with E-state index in [0.717, 1.165) is 89.9 Å². The quantitative estimate of drug-likeness (QED) is 0.0262. The lowest BCUT2D eigenvalue weighted by Gasteiger charge is -2.18. The molecule has 0 aliphatic carbocycles. The molecule has 0 aliphatic heterocycles. The highest BCUT2D eigenvalue weighted by molar-refractivity contribution is 5.71. The maximum Gasteiger partial charge on any atom is 0.306 e. The zero-order valence-electron chi connectivity index (χ0n) is 45.4. The van der Waals surface area contributed by atoms with E-state index in [1.165, 1.54) is 180 Å². The van der Waals surface area contributed by atoms with E-state index in [9.17, 15) is 14.4 Å². The van der Waals surface area contributed by atoms with Crippen LogP contribution in [-0.4, -0.2) is 37.2 Å². The van der Waals surface area contributed by atoms with Crippen LogP contribution in [0.4, 0.5) is 0 Å². The molecule has 0 heterocycles. The van der Waals surface area contributed by atoms with Gasteiger partial charge in [0.2, 0.25) is 0 Å². The summed E-state index contributed by atoms with van der Waals surface area (Å²) in [7, 11) is 0. The van der Waals surface area contributed by atoms with Crippen molar-refractivity contribution in [1.82, 2.24) is 0 Å². The standard InChI is InChI=1S/C62H112O6/c1-4-7-10-13-15-17-19-21-23-25-27-29-30-31-32-33-35-36-38-40-42-44-46-49-52-55-61(64)67-58-59(57-66-60(63)54-51-48-12-9-6-3)68-62(65)56-53-50-47-45-43-41-39-37-34-28-26-24-22-20-18-16-14-11-8-5-2/h7,10,15,17,21,23,27,29,59H,4-6,8-9,11-14,16,18-20,22,24-26,28,30-58H2,1-3H3/b10-7-,17-15-,23-21-,29-27-. The van der Waals surface area contributed by atoms with Gasteiger partial charge in [0.25, 0.3) is 0 Å². The van der Waals surface area contributed by atoms with Crippen LogP contribution in [0.1, 0.15) is 310 Å². The average molecular weight is 954 g/mol. The molecule has 0 rings (SSSR count). The van der Waals surface area contributed by atoms with Gasteiger partial charge < -0.3 is 14.2 Å². The van der Waals surface area contributed by atoms with Crippen molar-refractivity contribution < 1.29 is 28.6 Å². The summed E-state index contributed by atoms with van der Waals surface area (Å²) in [6.07, 6.45) is 70.1. The van der Waals surface area contributed by atoms with Crippen molar-refractivity contribution >= 4 is 17.9 Å². The highest BCUT2D eigenvalue weighted by Crippen LogP contribution is 2.17. The third-order valence-corrected chi connectivity index (χ3v) is 13.1. The largest absolute Gasteiger partial charge is 0.462 e. The summed E-state index contributed by atoms with van der Waals surface area (Å²) in [4.78, 5) is 37.8. The maximum absolute atomic E-state index is 12.8. The predicted molar refractivity (Wildman–Crippen MR) is 293 cm³/mol. The summed E-state index contributed by atoms with van der Waals surface area (Å²) < 4.78 is 16.8. The summed E-state index contributed by atoms with van der Waals surface area (Å²) in [5.41, 5.74) is 0. The van der Waals surface area contributed by atoms with Gasteiger partial charge in [-0.25, -0.2) is 0 Å². The summed E-state index contributed by atoms with van der Waals surface area (Å²) >= 11 is 0. The third kappa shape index (κ3) is 54.3. The number of allylic oxidation sites excluding steroid dienone is 8. The molecular formula is C62H112O6. The van der Waals surface area contributed by atoms with Crippen molar-refractivity contribution in [3.8, 4) is 0 Å². The van der Waals surface area contributed by atoms with Crippen LogP contribution in [0.3, 0.4) is 0 Å². The fourth-order valence-corrected chi connectivity index (χ4v) is 8.67. The number of rotatable bonds is 54. The van der Waals surface area contributed by atoms with Gasteiger partial charge in [-0.1, -0.05) is 281 Å². The zero-order valence-corrected chi connectivity index (χ0v) is 45.4. The topological polar surface area (TPSA) is 78.9 Å². The Hall–Kier alpha value is -2.63. The second-order valence-electron chi connectivity index (χ2n) is 19.9. The van der Waals surface area contributed by atoms with Crippen molar-refractivity contribution in [3.05, 3.63) is 48.6 Å². The maximum atomic E-state index is 12.8. The van der Waals surface area contributed by atoms with Crippen molar-refractivity contribution in [2.75, 3.05) is 13.2 Å². The SMILES string of the molecule is CC/C=C\C/C=C\C/C=C\C/C=C\CCCCCCCCCCCCCCC(=O)OCC(COC(=O)CCCCCCC)OC(=O)CCCCCCCCCCCCCCCCCCCCCC. The Balaban J connectivity index is 4.04. The second kappa shape index (κ2) is 57.0. The molecule has 0 saturated carbocycles. The monoisotopic (exact) mass is 953 g/mol. The molecule has 0 aliphatic rings. The van der Waals surface area contributed by atoms with Gasteiger partial charge in [-0.05, 0) is 57.8 Å². The Morgan fingerprint density at radius 1 is 0.309 bits per heavy atom.